The van der Waals surface area contributed by atoms with Gasteiger partial charge in [0.2, 0.25) is 5.95 Å². The van der Waals surface area contributed by atoms with Crippen molar-refractivity contribution in [1.82, 2.24) is 20.2 Å². The molecule has 5 heteroatoms. The van der Waals surface area contributed by atoms with Crippen molar-refractivity contribution in [3.63, 3.8) is 0 Å². The van der Waals surface area contributed by atoms with Crippen molar-refractivity contribution in [2.75, 3.05) is 5.32 Å². The fourth-order valence-electron chi connectivity index (χ4n) is 2.17. The van der Waals surface area contributed by atoms with Crippen molar-refractivity contribution in [2.45, 2.75) is 20.0 Å². The molecule has 3 aromatic rings. The van der Waals surface area contributed by atoms with Crippen LogP contribution in [0.1, 0.15) is 12.5 Å². The van der Waals surface area contributed by atoms with Crippen molar-refractivity contribution < 1.29 is 0 Å². The molecular formula is C16H17N5. The van der Waals surface area contributed by atoms with Crippen molar-refractivity contribution >= 4 is 5.95 Å². The first-order chi connectivity index (χ1) is 10.4. The zero-order valence-corrected chi connectivity index (χ0v) is 11.9. The molecule has 0 fully saturated rings. The highest BCUT2D eigenvalue weighted by atomic mass is 15.6. The average Bonchev–Trinajstić information content (AvgIpc) is 3.02. The number of hydrogen-bond acceptors (Lipinski definition) is 4. The quantitative estimate of drug-likeness (QED) is 0.780. The lowest BCUT2D eigenvalue weighted by atomic mass is 10.0. The Hall–Kier alpha value is -2.69. The maximum absolute atomic E-state index is 3.96. The average molecular weight is 279 g/mol. The van der Waals surface area contributed by atoms with E-state index in [1.807, 2.05) is 13.0 Å². The van der Waals surface area contributed by atoms with Gasteiger partial charge in [0, 0.05) is 13.1 Å². The van der Waals surface area contributed by atoms with Crippen LogP contribution in [0.3, 0.4) is 0 Å². The second kappa shape index (κ2) is 6.17. The standard InChI is InChI=1S/C16H17N5/c1-2-21-16(18-19-20-21)17-12-13-8-10-15(11-9-13)14-6-4-3-5-7-14/h3-11H,2,12H2,1H3,(H,17,18,20). The molecule has 1 N–H and O–H groups in total. The Morgan fingerprint density at radius 2 is 1.67 bits per heavy atom. The third-order valence-corrected chi connectivity index (χ3v) is 3.34. The van der Waals surface area contributed by atoms with E-state index in [0.29, 0.717) is 12.5 Å². The van der Waals surface area contributed by atoms with Crippen LogP contribution in [0.25, 0.3) is 11.1 Å². The Labute approximate surface area is 123 Å². The van der Waals surface area contributed by atoms with Crippen molar-refractivity contribution in [3.8, 4) is 11.1 Å². The highest BCUT2D eigenvalue weighted by Gasteiger charge is 2.03. The van der Waals surface area contributed by atoms with Gasteiger partial charge in [-0.05, 0) is 34.0 Å². The summed E-state index contributed by atoms with van der Waals surface area (Å²) in [5.74, 6) is 0.699. The van der Waals surface area contributed by atoms with Crippen LogP contribution in [0.5, 0.6) is 0 Å². The molecule has 0 saturated carbocycles. The number of benzene rings is 2. The van der Waals surface area contributed by atoms with Crippen LogP contribution < -0.4 is 5.32 Å². The van der Waals surface area contributed by atoms with E-state index >= 15 is 0 Å². The van der Waals surface area contributed by atoms with Crippen LogP contribution in [0.2, 0.25) is 0 Å². The fraction of sp³-hybridized carbons (Fsp3) is 0.188. The van der Waals surface area contributed by atoms with Crippen molar-refractivity contribution in [3.05, 3.63) is 60.2 Å². The Balaban J connectivity index is 1.68. The zero-order chi connectivity index (χ0) is 14.5. The number of tetrazole rings is 1. The van der Waals surface area contributed by atoms with Gasteiger partial charge in [0.05, 0.1) is 0 Å². The number of aromatic nitrogens is 4. The first-order valence-corrected chi connectivity index (χ1v) is 7.01. The second-order valence-electron chi connectivity index (χ2n) is 4.73. The molecule has 1 heterocycles. The third kappa shape index (κ3) is 3.08. The maximum Gasteiger partial charge on any atom is 0.243 e. The summed E-state index contributed by atoms with van der Waals surface area (Å²) in [6, 6.07) is 18.9. The Morgan fingerprint density at radius 3 is 2.38 bits per heavy atom. The maximum atomic E-state index is 3.96. The summed E-state index contributed by atoms with van der Waals surface area (Å²) in [6.45, 7) is 3.47. The molecule has 0 spiro atoms. The molecule has 21 heavy (non-hydrogen) atoms. The van der Waals surface area contributed by atoms with E-state index < -0.39 is 0 Å². The van der Waals surface area contributed by atoms with Gasteiger partial charge in [-0.2, -0.15) is 0 Å². The van der Waals surface area contributed by atoms with E-state index in [2.05, 4.69) is 69.4 Å². The molecular weight excluding hydrogens is 262 g/mol. The Bertz CT molecular complexity index is 688. The number of nitrogens with one attached hydrogen (secondary N) is 1. The van der Waals surface area contributed by atoms with Crippen LogP contribution in [0, 0.1) is 0 Å². The van der Waals surface area contributed by atoms with Crippen LogP contribution in [0.15, 0.2) is 54.6 Å². The smallest absolute Gasteiger partial charge is 0.243 e. The summed E-state index contributed by atoms with van der Waals surface area (Å²) < 4.78 is 1.73. The molecule has 2 aromatic carbocycles. The van der Waals surface area contributed by atoms with Gasteiger partial charge in [0.15, 0.2) is 0 Å². The van der Waals surface area contributed by atoms with Gasteiger partial charge in [-0.25, -0.2) is 4.68 Å². The van der Waals surface area contributed by atoms with E-state index in [1.54, 1.807) is 4.68 Å². The molecule has 5 nitrogen and oxygen atoms in total. The van der Waals surface area contributed by atoms with Gasteiger partial charge in [0.1, 0.15) is 0 Å². The number of aryl methyl sites for hydroxylation is 1. The Morgan fingerprint density at radius 1 is 0.952 bits per heavy atom. The highest BCUT2D eigenvalue weighted by molar-refractivity contribution is 5.63. The van der Waals surface area contributed by atoms with Gasteiger partial charge >= 0.3 is 0 Å². The van der Waals surface area contributed by atoms with E-state index in [1.165, 1.54) is 16.7 Å². The second-order valence-corrected chi connectivity index (χ2v) is 4.73. The molecule has 0 bridgehead atoms. The van der Waals surface area contributed by atoms with Gasteiger partial charge in [-0.1, -0.05) is 59.7 Å². The molecule has 0 aliphatic rings. The van der Waals surface area contributed by atoms with Crippen LogP contribution in [-0.2, 0) is 13.1 Å². The van der Waals surface area contributed by atoms with Gasteiger partial charge in [-0.3, -0.25) is 0 Å². The van der Waals surface area contributed by atoms with E-state index in [9.17, 15) is 0 Å². The molecule has 0 atom stereocenters. The third-order valence-electron chi connectivity index (χ3n) is 3.34. The summed E-state index contributed by atoms with van der Waals surface area (Å²) >= 11 is 0. The van der Waals surface area contributed by atoms with E-state index in [4.69, 9.17) is 0 Å². The Kier molecular flexibility index (Phi) is 3.91. The number of hydrogen-bond donors (Lipinski definition) is 1. The number of anilines is 1. The van der Waals surface area contributed by atoms with E-state index in [-0.39, 0.29) is 0 Å². The largest absolute Gasteiger partial charge is 0.349 e. The molecule has 106 valence electrons. The molecule has 0 amide bonds. The van der Waals surface area contributed by atoms with Crippen molar-refractivity contribution in [1.29, 1.82) is 0 Å². The number of rotatable bonds is 5. The topological polar surface area (TPSA) is 55.6 Å². The molecule has 1 aromatic heterocycles. The van der Waals surface area contributed by atoms with Crippen LogP contribution >= 0.6 is 0 Å². The summed E-state index contributed by atoms with van der Waals surface area (Å²) in [6.07, 6.45) is 0. The molecule has 0 aliphatic heterocycles. The van der Waals surface area contributed by atoms with Crippen molar-refractivity contribution in [2.24, 2.45) is 0 Å². The predicted molar refractivity (Wildman–Crippen MR) is 82.7 cm³/mol. The lowest BCUT2D eigenvalue weighted by Gasteiger charge is -2.07. The monoisotopic (exact) mass is 279 g/mol. The summed E-state index contributed by atoms with van der Waals surface area (Å²) in [5.41, 5.74) is 3.64. The van der Waals surface area contributed by atoms with E-state index in [0.717, 1.165) is 6.54 Å². The molecule has 0 saturated heterocycles. The molecule has 3 rings (SSSR count). The van der Waals surface area contributed by atoms with Crippen LogP contribution in [-0.4, -0.2) is 20.2 Å². The fourth-order valence-corrected chi connectivity index (χ4v) is 2.17. The van der Waals surface area contributed by atoms with Gasteiger partial charge in [-0.15, -0.1) is 0 Å². The van der Waals surface area contributed by atoms with Crippen LogP contribution in [0.4, 0.5) is 5.95 Å². The minimum absolute atomic E-state index is 0.699. The van der Waals surface area contributed by atoms with Gasteiger partial charge in [0.25, 0.3) is 0 Å². The SMILES string of the molecule is CCn1nnnc1NCc1ccc(-c2ccccc2)cc1. The minimum Gasteiger partial charge on any atom is -0.349 e. The lowest BCUT2D eigenvalue weighted by Crippen LogP contribution is -2.07. The molecule has 0 radical (unpaired) electrons. The predicted octanol–water partition coefficient (Wildman–Crippen LogP) is 2.97. The lowest BCUT2D eigenvalue weighted by molar-refractivity contribution is 0.629. The first-order valence-electron chi connectivity index (χ1n) is 7.01. The summed E-state index contributed by atoms with van der Waals surface area (Å²) in [4.78, 5) is 0. The summed E-state index contributed by atoms with van der Waals surface area (Å²) in [7, 11) is 0. The summed E-state index contributed by atoms with van der Waals surface area (Å²) in [5, 5.41) is 14.8. The first kappa shape index (κ1) is 13.3. The zero-order valence-electron chi connectivity index (χ0n) is 11.9. The highest BCUT2D eigenvalue weighted by Crippen LogP contribution is 2.19. The van der Waals surface area contributed by atoms with Gasteiger partial charge < -0.3 is 5.32 Å². The molecule has 0 aliphatic carbocycles. The molecule has 0 unspecified atom stereocenters. The number of nitrogens with zero attached hydrogens (tertiary/aromatic N) is 4. The normalized spacial score (nSPS) is 10.5. The minimum atomic E-state index is 0.699.